The molecule has 2 aromatic heterocycles. The number of rotatable bonds is 5. The Hall–Kier alpha value is -2.37. The van der Waals surface area contributed by atoms with Gasteiger partial charge in [0.1, 0.15) is 0 Å². The van der Waals surface area contributed by atoms with E-state index in [-0.39, 0.29) is 16.6 Å². The average molecular weight is 337 g/mol. The van der Waals surface area contributed by atoms with Crippen molar-refractivity contribution in [2.75, 3.05) is 11.3 Å². The lowest BCUT2D eigenvalue weighted by atomic mass is 10.4. The number of ether oxygens (including phenoxy) is 1. The first-order valence-electron chi connectivity index (χ1n) is 5.70. The number of nitrogens with zero attached hydrogens (tertiary/aromatic N) is 4. The van der Waals surface area contributed by atoms with Crippen molar-refractivity contribution >= 4 is 15.7 Å². The van der Waals surface area contributed by atoms with Crippen molar-refractivity contribution in [3.8, 4) is 5.88 Å². The van der Waals surface area contributed by atoms with Gasteiger partial charge in [-0.25, -0.2) is 4.98 Å². The van der Waals surface area contributed by atoms with Crippen molar-refractivity contribution in [3.05, 3.63) is 24.5 Å². The van der Waals surface area contributed by atoms with E-state index < -0.39 is 22.8 Å². The van der Waals surface area contributed by atoms with Crippen molar-refractivity contribution in [1.29, 1.82) is 0 Å². The van der Waals surface area contributed by atoms with E-state index >= 15 is 0 Å². The summed E-state index contributed by atoms with van der Waals surface area (Å²) < 4.78 is 67.5. The van der Waals surface area contributed by atoms with Gasteiger partial charge in [-0.1, -0.05) is 5.21 Å². The van der Waals surface area contributed by atoms with Gasteiger partial charge < -0.3 is 4.74 Å². The highest BCUT2D eigenvalue weighted by atomic mass is 32.2. The van der Waals surface area contributed by atoms with Crippen LogP contribution >= 0.6 is 0 Å². The van der Waals surface area contributed by atoms with Gasteiger partial charge in [0.05, 0.1) is 18.1 Å². The Kier molecular flexibility index (Phi) is 4.21. The highest BCUT2D eigenvalue weighted by Crippen LogP contribution is 2.19. The average Bonchev–Trinajstić information content (AvgIpc) is 2.84. The number of nitrogens with one attached hydrogen (secondary N) is 1. The van der Waals surface area contributed by atoms with Gasteiger partial charge in [-0.2, -0.15) is 21.6 Å². The van der Waals surface area contributed by atoms with Gasteiger partial charge in [0.25, 0.3) is 10.0 Å². The molecule has 2 rings (SSSR count). The molecular weight excluding hydrogens is 327 g/mol. The minimum absolute atomic E-state index is 0.0463. The maximum absolute atomic E-state index is 12.0. The Balaban J connectivity index is 2.05. The summed E-state index contributed by atoms with van der Waals surface area (Å²) in [6.45, 7) is -1.48. The first kappa shape index (κ1) is 16.0. The van der Waals surface area contributed by atoms with Crippen LogP contribution in [0.5, 0.6) is 5.88 Å². The summed E-state index contributed by atoms with van der Waals surface area (Å²) in [6.07, 6.45) is -2.26. The van der Waals surface area contributed by atoms with Crippen molar-refractivity contribution in [1.82, 2.24) is 20.0 Å². The fourth-order valence-corrected chi connectivity index (χ4v) is 2.31. The summed E-state index contributed by atoms with van der Waals surface area (Å²) in [5.41, 5.74) is 0.0463. The molecule has 0 aromatic carbocycles. The molecule has 0 spiro atoms. The molecule has 2 aromatic rings. The smallest absolute Gasteiger partial charge is 0.422 e. The molecule has 0 radical (unpaired) electrons. The number of anilines is 1. The van der Waals surface area contributed by atoms with E-state index in [1.54, 1.807) is 0 Å². The Labute approximate surface area is 123 Å². The molecule has 0 fully saturated rings. The summed E-state index contributed by atoms with van der Waals surface area (Å²) in [4.78, 5) is 3.57. The molecule has 0 bridgehead atoms. The summed E-state index contributed by atoms with van der Waals surface area (Å²) in [5, 5.41) is 6.64. The maximum Gasteiger partial charge on any atom is 0.422 e. The Bertz CT molecular complexity index is 742. The quantitative estimate of drug-likeness (QED) is 0.872. The SMILES string of the molecule is Cn1cc(S(=O)(=O)Nc2ccc(OCC(F)(F)F)nc2)nn1. The summed E-state index contributed by atoms with van der Waals surface area (Å²) in [7, 11) is -2.45. The van der Waals surface area contributed by atoms with Gasteiger partial charge in [0.15, 0.2) is 6.61 Å². The van der Waals surface area contributed by atoms with Crippen LogP contribution in [0.3, 0.4) is 0 Å². The van der Waals surface area contributed by atoms with Crippen LogP contribution in [0.4, 0.5) is 18.9 Å². The minimum atomic E-state index is -4.48. The standard InChI is InChI=1S/C10H10F3N5O3S/c1-18-5-9(15-17-18)22(19,20)16-7-2-3-8(14-4-7)21-6-10(11,12)13/h2-5,16H,6H2,1H3. The predicted molar refractivity (Wildman–Crippen MR) is 67.6 cm³/mol. The zero-order chi connectivity index (χ0) is 16.4. The molecule has 1 N–H and O–H groups in total. The largest absolute Gasteiger partial charge is 0.468 e. The lowest BCUT2D eigenvalue weighted by Crippen LogP contribution is -2.19. The molecule has 0 aliphatic carbocycles. The van der Waals surface area contributed by atoms with Crippen molar-refractivity contribution in [2.24, 2.45) is 7.05 Å². The lowest BCUT2D eigenvalue weighted by Gasteiger charge is -2.09. The topological polar surface area (TPSA) is 99.0 Å². The third-order valence-electron chi connectivity index (χ3n) is 2.23. The molecule has 0 aliphatic rings. The first-order valence-corrected chi connectivity index (χ1v) is 7.19. The van der Waals surface area contributed by atoms with Crippen LogP contribution in [0.2, 0.25) is 0 Å². The fraction of sp³-hybridized carbons (Fsp3) is 0.300. The van der Waals surface area contributed by atoms with E-state index in [0.717, 1.165) is 12.3 Å². The number of alkyl halides is 3. The van der Waals surface area contributed by atoms with E-state index in [1.807, 2.05) is 0 Å². The third-order valence-corrected chi connectivity index (χ3v) is 3.47. The number of halogens is 3. The van der Waals surface area contributed by atoms with Crippen molar-refractivity contribution in [3.63, 3.8) is 0 Å². The van der Waals surface area contributed by atoms with Crippen LogP contribution in [-0.2, 0) is 17.1 Å². The van der Waals surface area contributed by atoms with Crippen LogP contribution in [-0.4, -0.2) is 41.2 Å². The molecule has 22 heavy (non-hydrogen) atoms. The molecule has 0 aliphatic heterocycles. The van der Waals surface area contributed by atoms with Gasteiger partial charge in [-0.05, 0) is 6.07 Å². The van der Waals surface area contributed by atoms with E-state index in [4.69, 9.17) is 0 Å². The maximum atomic E-state index is 12.0. The van der Waals surface area contributed by atoms with E-state index in [9.17, 15) is 21.6 Å². The normalized spacial score (nSPS) is 12.2. The van der Waals surface area contributed by atoms with Gasteiger partial charge in [0.2, 0.25) is 10.9 Å². The second kappa shape index (κ2) is 5.79. The van der Waals surface area contributed by atoms with Crippen LogP contribution in [0.25, 0.3) is 0 Å². The minimum Gasteiger partial charge on any atom is -0.468 e. The molecular formula is C10H10F3N5O3S. The highest BCUT2D eigenvalue weighted by molar-refractivity contribution is 7.92. The second-order valence-electron chi connectivity index (χ2n) is 4.12. The van der Waals surface area contributed by atoms with Gasteiger partial charge in [0, 0.05) is 13.1 Å². The number of pyridine rings is 1. The monoisotopic (exact) mass is 337 g/mol. The Morgan fingerprint density at radius 2 is 2.09 bits per heavy atom. The number of hydrogen-bond donors (Lipinski definition) is 1. The lowest BCUT2D eigenvalue weighted by molar-refractivity contribution is -0.154. The molecule has 0 amide bonds. The molecule has 12 heteroatoms. The number of hydrogen-bond acceptors (Lipinski definition) is 6. The van der Waals surface area contributed by atoms with Gasteiger partial charge in [-0.15, -0.1) is 5.10 Å². The summed E-state index contributed by atoms with van der Waals surface area (Å²) in [6, 6.07) is 2.33. The number of sulfonamides is 1. The predicted octanol–water partition coefficient (Wildman–Crippen LogP) is 0.952. The summed E-state index contributed by atoms with van der Waals surface area (Å²) in [5.74, 6) is -0.278. The van der Waals surface area contributed by atoms with Crippen molar-refractivity contribution in [2.45, 2.75) is 11.2 Å². The van der Waals surface area contributed by atoms with Crippen molar-refractivity contribution < 1.29 is 26.3 Å². The molecule has 0 saturated heterocycles. The molecule has 0 unspecified atom stereocenters. The highest BCUT2D eigenvalue weighted by Gasteiger charge is 2.28. The molecule has 2 heterocycles. The first-order chi connectivity index (χ1) is 10.2. The van der Waals surface area contributed by atoms with Crippen LogP contribution in [0, 0.1) is 0 Å². The van der Waals surface area contributed by atoms with Crippen LogP contribution in [0.1, 0.15) is 0 Å². The van der Waals surface area contributed by atoms with E-state index in [1.165, 1.54) is 24.0 Å². The molecule has 8 nitrogen and oxygen atoms in total. The fourth-order valence-electron chi connectivity index (χ4n) is 1.34. The van der Waals surface area contributed by atoms with Gasteiger partial charge >= 0.3 is 6.18 Å². The number of aromatic nitrogens is 4. The third kappa shape index (κ3) is 4.31. The zero-order valence-corrected chi connectivity index (χ0v) is 11.9. The molecule has 120 valence electrons. The zero-order valence-electron chi connectivity index (χ0n) is 11.1. The Morgan fingerprint density at radius 3 is 2.59 bits per heavy atom. The second-order valence-corrected chi connectivity index (χ2v) is 5.75. The Morgan fingerprint density at radius 1 is 1.36 bits per heavy atom. The number of aryl methyl sites for hydroxylation is 1. The molecule has 0 saturated carbocycles. The van der Waals surface area contributed by atoms with Gasteiger partial charge in [-0.3, -0.25) is 9.40 Å². The summed E-state index contributed by atoms with van der Waals surface area (Å²) >= 11 is 0. The van der Waals surface area contributed by atoms with E-state index in [2.05, 4.69) is 24.8 Å². The van der Waals surface area contributed by atoms with Crippen LogP contribution < -0.4 is 9.46 Å². The van der Waals surface area contributed by atoms with E-state index in [0.29, 0.717) is 0 Å². The van der Waals surface area contributed by atoms with Crippen LogP contribution in [0.15, 0.2) is 29.6 Å². The molecule has 0 atom stereocenters.